The molecular formula is C17H16N6O. The molecule has 0 aliphatic rings. The molecule has 0 saturated heterocycles. The Kier molecular flexibility index (Phi) is 3.19. The number of H-pyrrole nitrogens is 1. The van der Waals surface area contributed by atoms with Crippen LogP contribution in [-0.4, -0.2) is 39.6 Å². The fourth-order valence-electron chi connectivity index (χ4n) is 2.86. The summed E-state index contributed by atoms with van der Waals surface area (Å²) in [7, 11) is 3.41. The first kappa shape index (κ1) is 14.3. The van der Waals surface area contributed by atoms with Gasteiger partial charge in [-0.05, 0) is 6.07 Å². The van der Waals surface area contributed by atoms with E-state index >= 15 is 0 Å². The lowest BCUT2D eigenvalue weighted by molar-refractivity contribution is 0.0964. The molecule has 0 aliphatic heterocycles. The normalized spacial score (nSPS) is 11.1. The number of benzene rings is 1. The van der Waals surface area contributed by atoms with Crippen molar-refractivity contribution in [2.75, 3.05) is 19.4 Å². The van der Waals surface area contributed by atoms with Crippen molar-refractivity contribution < 1.29 is 4.79 Å². The van der Waals surface area contributed by atoms with Crippen molar-refractivity contribution in [3.05, 3.63) is 48.3 Å². The van der Waals surface area contributed by atoms with Gasteiger partial charge in [-0.25, -0.2) is 4.98 Å². The van der Waals surface area contributed by atoms with E-state index in [0.29, 0.717) is 11.2 Å². The van der Waals surface area contributed by atoms with Gasteiger partial charge >= 0.3 is 0 Å². The third-order valence-corrected chi connectivity index (χ3v) is 4.06. The van der Waals surface area contributed by atoms with Crippen LogP contribution in [-0.2, 0) is 0 Å². The van der Waals surface area contributed by atoms with Crippen molar-refractivity contribution in [3.8, 4) is 11.3 Å². The Morgan fingerprint density at radius 3 is 2.88 bits per heavy atom. The fraction of sp³-hybridized carbons (Fsp3) is 0.118. The van der Waals surface area contributed by atoms with E-state index in [4.69, 9.17) is 0 Å². The highest BCUT2D eigenvalue weighted by atomic mass is 16.1. The Hall–Kier alpha value is -3.35. The zero-order valence-corrected chi connectivity index (χ0v) is 13.3. The van der Waals surface area contributed by atoms with E-state index in [-0.39, 0.29) is 5.91 Å². The average molecular weight is 320 g/mol. The van der Waals surface area contributed by atoms with Gasteiger partial charge in [0, 0.05) is 42.8 Å². The number of nitrogens with zero attached hydrogens (tertiary/aromatic N) is 3. The number of aromatic amines is 1. The van der Waals surface area contributed by atoms with E-state index in [1.165, 1.54) is 6.20 Å². The first-order valence-corrected chi connectivity index (χ1v) is 7.58. The quantitative estimate of drug-likeness (QED) is 0.540. The van der Waals surface area contributed by atoms with Crippen molar-refractivity contribution in [1.82, 2.24) is 24.9 Å². The van der Waals surface area contributed by atoms with Gasteiger partial charge in [-0.1, -0.05) is 18.2 Å². The highest BCUT2D eigenvalue weighted by Gasteiger charge is 2.17. The molecule has 0 spiro atoms. The first-order valence-electron chi connectivity index (χ1n) is 7.58. The van der Waals surface area contributed by atoms with Gasteiger partial charge in [-0.2, -0.15) is 9.61 Å². The molecule has 3 aromatic heterocycles. The lowest BCUT2D eigenvalue weighted by Crippen LogP contribution is -2.17. The molecule has 0 radical (unpaired) electrons. The number of carbonyl (C=O) groups excluding carboxylic acids is 1. The molecule has 120 valence electrons. The average Bonchev–Trinajstić information content (AvgIpc) is 3.24. The fourth-order valence-corrected chi connectivity index (χ4v) is 2.86. The second kappa shape index (κ2) is 5.38. The number of para-hydroxylation sites is 1. The standard InChI is InChI=1S/C17H16N6O/c1-18-15-7-14(11-8-20-13-6-4-3-5-10(11)13)22-16-12(17(24)19-2)9-21-23(15)16/h3-9,18,20H,1-2H3,(H,19,24). The van der Waals surface area contributed by atoms with Crippen LogP contribution in [0.25, 0.3) is 27.8 Å². The molecule has 7 nitrogen and oxygen atoms in total. The van der Waals surface area contributed by atoms with Gasteiger partial charge in [0.05, 0.1) is 11.9 Å². The van der Waals surface area contributed by atoms with Crippen LogP contribution in [0.15, 0.2) is 42.7 Å². The number of nitrogens with one attached hydrogen (secondary N) is 3. The Morgan fingerprint density at radius 2 is 2.08 bits per heavy atom. The Morgan fingerprint density at radius 1 is 1.25 bits per heavy atom. The van der Waals surface area contributed by atoms with Gasteiger partial charge in [0.15, 0.2) is 5.65 Å². The number of rotatable bonds is 3. The van der Waals surface area contributed by atoms with Crippen LogP contribution in [0, 0.1) is 0 Å². The summed E-state index contributed by atoms with van der Waals surface area (Å²) in [4.78, 5) is 20.0. The molecule has 0 aliphatic carbocycles. The summed E-state index contributed by atoms with van der Waals surface area (Å²) in [5.41, 5.74) is 3.75. The van der Waals surface area contributed by atoms with Crippen LogP contribution in [0.4, 0.5) is 5.82 Å². The molecule has 0 saturated carbocycles. The maximum Gasteiger partial charge on any atom is 0.256 e. The number of anilines is 1. The highest BCUT2D eigenvalue weighted by molar-refractivity contribution is 6.00. The largest absolute Gasteiger partial charge is 0.373 e. The van der Waals surface area contributed by atoms with Crippen molar-refractivity contribution in [3.63, 3.8) is 0 Å². The van der Waals surface area contributed by atoms with Gasteiger partial charge in [0.25, 0.3) is 5.91 Å². The number of hydrogen-bond donors (Lipinski definition) is 3. The lowest BCUT2D eigenvalue weighted by Gasteiger charge is -2.07. The van der Waals surface area contributed by atoms with Gasteiger partial charge in [0.2, 0.25) is 0 Å². The number of fused-ring (bicyclic) bond motifs is 2. The molecule has 1 aromatic carbocycles. The number of aromatic nitrogens is 4. The molecular weight excluding hydrogens is 304 g/mol. The summed E-state index contributed by atoms with van der Waals surface area (Å²) in [5.74, 6) is 0.547. The van der Waals surface area contributed by atoms with Crippen LogP contribution >= 0.6 is 0 Å². The first-order chi connectivity index (χ1) is 11.7. The number of hydrogen-bond acceptors (Lipinski definition) is 4. The van der Waals surface area contributed by atoms with Gasteiger partial charge in [-0.15, -0.1) is 0 Å². The van der Waals surface area contributed by atoms with Crippen LogP contribution in [0.3, 0.4) is 0 Å². The van der Waals surface area contributed by atoms with E-state index in [2.05, 4.69) is 25.7 Å². The summed E-state index contributed by atoms with van der Waals surface area (Å²) in [6, 6.07) is 9.96. The lowest BCUT2D eigenvalue weighted by atomic mass is 10.1. The monoisotopic (exact) mass is 320 g/mol. The minimum absolute atomic E-state index is 0.212. The van der Waals surface area contributed by atoms with E-state index in [1.807, 2.05) is 43.6 Å². The van der Waals surface area contributed by atoms with Gasteiger partial charge in [0.1, 0.15) is 11.4 Å². The van der Waals surface area contributed by atoms with Crippen LogP contribution < -0.4 is 10.6 Å². The molecule has 3 heterocycles. The van der Waals surface area contributed by atoms with Crippen molar-refractivity contribution >= 4 is 28.3 Å². The summed E-state index contributed by atoms with van der Waals surface area (Å²) < 4.78 is 1.63. The predicted molar refractivity (Wildman–Crippen MR) is 93.2 cm³/mol. The number of amides is 1. The maximum absolute atomic E-state index is 12.1. The highest BCUT2D eigenvalue weighted by Crippen LogP contribution is 2.29. The summed E-state index contributed by atoms with van der Waals surface area (Å²) in [6.07, 6.45) is 3.46. The zero-order valence-electron chi connectivity index (χ0n) is 13.3. The van der Waals surface area contributed by atoms with E-state index < -0.39 is 0 Å². The summed E-state index contributed by atoms with van der Waals surface area (Å²) >= 11 is 0. The van der Waals surface area contributed by atoms with Gasteiger partial charge < -0.3 is 15.6 Å². The van der Waals surface area contributed by atoms with Crippen LogP contribution in [0.5, 0.6) is 0 Å². The minimum atomic E-state index is -0.212. The predicted octanol–water partition coefficient (Wildman–Crippen LogP) is 2.28. The molecule has 1 amide bonds. The van der Waals surface area contributed by atoms with Crippen LogP contribution in [0.2, 0.25) is 0 Å². The SMILES string of the molecule is CNC(=O)c1cnn2c(NC)cc(-c3c[nH]c4ccccc34)nc12. The molecule has 0 fully saturated rings. The molecule has 3 N–H and O–H groups in total. The molecule has 7 heteroatoms. The molecule has 24 heavy (non-hydrogen) atoms. The van der Waals surface area contributed by atoms with E-state index in [1.54, 1.807) is 11.6 Å². The van der Waals surface area contributed by atoms with Crippen molar-refractivity contribution in [2.24, 2.45) is 0 Å². The third kappa shape index (κ3) is 2.02. The van der Waals surface area contributed by atoms with Crippen molar-refractivity contribution in [1.29, 1.82) is 0 Å². The van der Waals surface area contributed by atoms with Crippen molar-refractivity contribution in [2.45, 2.75) is 0 Å². The minimum Gasteiger partial charge on any atom is -0.373 e. The Labute approximate surface area is 137 Å². The second-order valence-corrected chi connectivity index (χ2v) is 5.40. The maximum atomic E-state index is 12.1. The topological polar surface area (TPSA) is 87.1 Å². The third-order valence-electron chi connectivity index (χ3n) is 4.06. The van der Waals surface area contributed by atoms with E-state index in [0.717, 1.165) is 28.0 Å². The molecule has 4 rings (SSSR count). The number of carbonyl (C=O) groups is 1. The Balaban J connectivity index is 2.00. The van der Waals surface area contributed by atoms with E-state index in [9.17, 15) is 4.79 Å². The molecule has 4 aromatic rings. The molecule has 0 bridgehead atoms. The van der Waals surface area contributed by atoms with Gasteiger partial charge in [-0.3, -0.25) is 4.79 Å². The Bertz CT molecular complexity index is 1060. The van der Waals surface area contributed by atoms with Crippen LogP contribution in [0.1, 0.15) is 10.4 Å². The smallest absolute Gasteiger partial charge is 0.256 e. The second-order valence-electron chi connectivity index (χ2n) is 5.40. The zero-order chi connectivity index (χ0) is 16.7. The molecule has 0 atom stereocenters. The summed E-state index contributed by atoms with van der Waals surface area (Å²) in [6.45, 7) is 0. The molecule has 0 unspecified atom stereocenters. The summed E-state index contributed by atoms with van der Waals surface area (Å²) in [5, 5.41) is 11.1.